The van der Waals surface area contributed by atoms with E-state index in [9.17, 15) is 9.90 Å². The van der Waals surface area contributed by atoms with Crippen molar-refractivity contribution in [2.75, 3.05) is 44.1 Å². The first-order chi connectivity index (χ1) is 8.95. The number of amides is 1. The van der Waals surface area contributed by atoms with Gasteiger partial charge in [-0.25, -0.2) is 0 Å². The van der Waals surface area contributed by atoms with Crippen molar-refractivity contribution >= 4 is 39.7 Å². The lowest BCUT2D eigenvalue weighted by molar-refractivity contribution is 0.0833. The summed E-state index contributed by atoms with van der Waals surface area (Å²) in [6.45, 7) is 1.42. The minimum Gasteiger partial charge on any atom is -0.396 e. The quantitative estimate of drug-likeness (QED) is 0.824. The molecule has 19 heavy (non-hydrogen) atoms. The summed E-state index contributed by atoms with van der Waals surface area (Å²) in [4.78, 5) is 17.3. The summed E-state index contributed by atoms with van der Waals surface area (Å²) in [5.41, 5.74) is 6.67. The summed E-state index contributed by atoms with van der Waals surface area (Å²) in [6, 6.07) is 0. The number of thioether (sulfide) groups is 1. The number of nitrogens with zero attached hydrogens (tertiary/aromatic N) is 2. The third kappa shape index (κ3) is 2.68. The van der Waals surface area contributed by atoms with Gasteiger partial charge in [-0.2, -0.15) is 0 Å². The highest BCUT2D eigenvalue weighted by molar-refractivity contribution is 7.99. The number of β-amino-alcohol motifs (C(OH)–C–C–N with tert-alkyl or cyclic N) is 1. The van der Waals surface area contributed by atoms with Crippen molar-refractivity contribution in [3.05, 3.63) is 4.88 Å². The van der Waals surface area contributed by atoms with E-state index < -0.39 is 0 Å². The van der Waals surface area contributed by atoms with Crippen LogP contribution in [-0.4, -0.2) is 55.5 Å². The first-order valence-electron chi connectivity index (χ1n) is 6.06. The molecule has 0 aromatic carbocycles. The topological polar surface area (TPSA) is 69.8 Å². The van der Waals surface area contributed by atoms with E-state index in [2.05, 4.69) is 4.90 Å². The smallest absolute Gasteiger partial charge is 0.265 e. The van der Waals surface area contributed by atoms with Gasteiger partial charge >= 0.3 is 0 Å². The molecular weight excluding hydrogens is 282 g/mol. The van der Waals surface area contributed by atoms with E-state index in [4.69, 9.17) is 5.73 Å². The Morgan fingerprint density at radius 2 is 2.26 bits per heavy atom. The molecule has 3 N–H and O–H groups in total. The molecule has 1 unspecified atom stereocenters. The fourth-order valence-electron chi connectivity index (χ4n) is 2.11. The minimum absolute atomic E-state index is 0.0659. The highest BCUT2D eigenvalue weighted by Crippen LogP contribution is 2.45. The van der Waals surface area contributed by atoms with Crippen LogP contribution in [0.3, 0.4) is 0 Å². The van der Waals surface area contributed by atoms with Gasteiger partial charge in [-0.05, 0) is 12.7 Å². The lowest BCUT2D eigenvalue weighted by Crippen LogP contribution is -2.21. The molecule has 1 fully saturated rings. The van der Waals surface area contributed by atoms with Crippen molar-refractivity contribution in [2.24, 2.45) is 0 Å². The zero-order valence-corrected chi connectivity index (χ0v) is 13.0. The van der Waals surface area contributed by atoms with Crippen LogP contribution in [0.4, 0.5) is 10.7 Å². The van der Waals surface area contributed by atoms with E-state index in [-0.39, 0.29) is 12.0 Å². The van der Waals surface area contributed by atoms with Crippen LogP contribution in [0.5, 0.6) is 0 Å². The lowest BCUT2D eigenvalue weighted by Gasteiger charge is -2.16. The molecule has 0 aliphatic carbocycles. The number of nitrogen functional groups attached to an aromatic ring is 1. The Morgan fingerprint density at radius 3 is 2.74 bits per heavy atom. The summed E-state index contributed by atoms with van der Waals surface area (Å²) in [6.07, 6.45) is 2.44. The minimum atomic E-state index is -0.286. The Morgan fingerprint density at radius 1 is 1.58 bits per heavy atom. The summed E-state index contributed by atoms with van der Waals surface area (Å²) < 4.78 is 0. The van der Waals surface area contributed by atoms with E-state index in [1.807, 2.05) is 6.26 Å². The van der Waals surface area contributed by atoms with Crippen molar-refractivity contribution in [3.63, 3.8) is 0 Å². The zero-order chi connectivity index (χ0) is 14.2. The van der Waals surface area contributed by atoms with E-state index in [0.717, 1.165) is 22.9 Å². The summed E-state index contributed by atoms with van der Waals surface area (Å²) in [5.74, 6) is -0.0659. The van der Waals surface area contributed by atoms with Gasteiger partial charge in [0.1, 0.15) is 9.88 Å². The molecule has 1 atom stereocenters. The van der Waals surface area contributed by atoms with Gasteiger partial charge in [0, 0.05) is 27.2 Å². The maximum absolute atomic E-state index is 12.1. The Kier molecular flexibility index (Phi) is 4.27. The number of aliphatic hydroxyl groups is 1. The molecule has 0 spiro atoms. The molecule has 2 heterocycles. The Balaban J connectivity index is 2.39. The van der Waals surface area contributed by atoms with Gasteiger partial charge < -0.3 is 20.6 Å². The van der Waals surface area contributed by atoms with Crippen LogP contribution >= 0.6 is 23.1 Å². The molecule has 0 radical (unpaired) electrons. The second-order valence-electron chi connectivity index (χ2n) is 4.77. The number of anilines is 2. The van der Waals surface area contributed by atoms with Crippen LogP contribution in [0.1, 0.15) is 16.1 Å². The van der Waals surface area contributed by atoms with E-state index in [1.54, 1.807) is 25.9 Å². The number of nitrogens with two attached hydrogens (primary N) is 1. The fourth-order valence-corrected chi connectivity index (χ4v) is 4.35. The largest absolute Gasteiger partial charge is 0.396 e. The zero-order valence-electron chi connectivity index (χ0n) is 11.3. The predicted molar refractivity (Wildman–Crippen MR) is 81.4 cm³/mol. The number of rotatable bonds is 3. The molecule has 1 aromatic heterocycles. The Labute approximate surface area is 121 Å². The second-order valence-corrected chi connectivity index (χ2v) is 6.59. The van der Waals surface area contributed by atoms with E-state index >= 15 is 0 Å². The molecule has 1 amide bonds. The van der Waals surface area contributed by atoms with Crippen LogP contribution in [0.25, 0.3) is 0 Å². The molecule has 1 saturated heterocycles. The van der Waals surface area contributed by atoms with Gasteiger partial charge in [0.05, 0.1) is 16.7 Å². The molecule has 0 bridgehead atoms. The van der Waals surface area contributed by atoms with Crippen LogP contribution in [0.2, 0.25) is 0 Å². The number of hydrogen-bond donors (Lipinski definition) is 2. The van der Waals surface area contributed by atoms with Crippen molar-refractivity contribution in [3.8, 4) is 0 Å². The van der Waals surface area contributed by atoms with E-state index in [0.29, 0.717) is 17.1 Å². The van der Waals surface area contributed by atoms with Gasteiger partial charge in [0.15, 0.2) is 0 Å². The van der Waals surface area contributed by atoms with Gasteiger partial charge in [-0.3, -0.25) is 4.79 Å². The van der Waals surface area contributed by atoms with Gasteiger partial charge in [-0.15, -0.1) is 23.1 Å². The number of aliphatic hydroxyl groups excluding tert-OH is 1. The van der Waals surface area contributed by atoms with Gasteiger partial charge in [0.2, 0.25) is 0 Å². The van der Waals surface area contributed by atoms with Crippen LogP contribution < -0.4 is 10.6 Å². The van der Waals surface area contributed by atoms with E-state index in [1.165, 1.54) is 16.2 Å². The normalized spacial score (nSPS) is 18.9. The first kappa shape index (κ1) is 14.5. The summed E-state index contributed by atoms with van der Waals surface area (Å²) in [7, 11) is 3.44. The van der Waals surface area contributed by atoms with Crippen LogP contribution in [0, 0.1) is 0 Å². The average Bonchev–Trinajstić information content (AvgIpc) is 2.92. The molecule has 1 aromatic rings. The van der Waals surface area contributed by atoms with Crippen molar-refractivity contribution in [1.29, 1.82) is 0 Å². The third-order valence-corrected chi connectivity index (χ3v) is 5.34. The fraction of sp³-hybridized carbons (Fsp3) is 0.583. The molecule has 2 rings (SSSR count). The molecule has 106 valence electrons. The third-order valence-electron chi connectivity index (χ3n) is 3.14. The Bertz CT molecular complexity index is 488. The van der Waals surface area contributed by atoms with Crippen molar-refractivity contribution in [1.82, 2.24) is 4.90 Å². The van der Waals surface area contributed by atoms with Crippen LogP contribution in [-0.2, 0) is 0 Å². The molecule has 1 aliphatic rings. The lowest BCUT2D eigenvalue weighted by atomic mass is 10.3. The van der Waals surface area contributed by atoms with Crippen molar-refractivity contribution in [2.45, 2.75) is 17.4 Å². The molecule has 1 aliphatic heterocycles. The highest BCUT2D eigenvalue weighted by Gasteiger charge is 2.28. The van der Waals surface area contributed by atoms with Crippen molar-refractivity contribution < 1.29 is 9.90 Å². The average molecular weight is 301 g/mol. The summed E-state index contributed by atoms with van der Waals surface area (Å²) in [5, 5.41) is 10.7. The Hall–Kier alpha value is -0.920. The number of carbonyl (C=O) groups is 1. The number of carbonyl (C=O) groups excluding carboxylic acids is 1. The molecular formula is C12H19N3O2S2. The second kappa shape index (κ2) is 5.60. The monoisotopic (exact) mass is 301 g/mol. The van der Waals surface area contributed by atoms with Gasteiger partial charge in [0.25, 0.3) is 5.91 Å². The number of hydrogen-bond acceptors (Lipinski definition) is 6. The first-order valence-corrected chi connectivity index (χ1v) is 8.10. The predicted octanol–water partition coefficient (Wildman–Crippen LogP) is 1.32. The SMILES string of the molecule is CSc1c(N2CCC(O)C2)sc(C(=O)N(C)C)c1N. The summed E-state index contributed by atoms with van der Waals surface area (Å²) >= 11 is 2.98. The molecule has 0 saturated carbocycles. The maximum atomic E-state index is 12.1. The number of thiophene rings is 1. The standard InChI is InChI=1S/C12H19N3O2S2/c1-14(2)11(17)9-8(13)10(18-3)12(19-9)15-5-4-7(16)6-15/h7,16H,4-6,13H2,1-3H3. The maximum Gasteiger partial charge on any atom is 0.265 e. The molecule has 7 heteroatoms. The van der Waals surface area contributed by atoms with Gasteiger partial charge in [-0.1, -0.05) is 0 Å². The highest BCUT2D eigenvalue weighted by atomic mass is 32.2. The van der Waals surface area contributed by atoms with Crippen LogP contribution in [0.15, 0.2) is 4.90 Å². The molecule has 5 nitrogen and oxygen atoms in total.